The predicted molar refractivity (Wildman–Crippen MR) is 111 cm³/mol. The van der Waals surface area contributed by atoms with Crippen molar-refractivity contribution in [1.82, 2.24) is 14.3 Å². The zero-order valence-corrected chi connectivity index (χ0v) is 16.6. The third-order valence-corrected chi connectivity index (χ3v) is 7.10. The number of thiophene rings is 2. The fraction of sp³-hybridized carbons (Fsp3) is 0.238. The van der Waals surface area contributed by atoms with Gasteiger partial charge in [0.15, 0.2) is 0 Å². The summed E-state index contributed by atoms with van der Waals surface area (Å²) in [6.07, 6.45) is 1.06. The summed E-state index contributed by atoms with van der Waals surface area (Å²) < 4.78 is 1.67. The summed E-state index contributed by atoms with van der Waals surface area (Å²) in [5.74, 6) is 0. The van der Waals surface area contributed by atoms with Crippen LogP contribution in [-0.2, 0) is 13.0 Å². The van der Waals surface area contributed by atoms with Gasteiger partial charge in [-0.3, -0.25) is 14.1 Å². The molecular weight excluding hydrogens is 374 g/mol. The molecule has 27 heavy (non-hydrogen) atoms. The Kier molecular flexibility index (Phi) is 4.19. The van der Waals surface area contributed by atoms with Crippen LogP contribution in [-0.4, -0.2) is 20.8 Å². The fourth-order valence-corrected chi connectivity index (χ4v) is 5.75. The van der Waals surface area contributed by atoms with Crippen LogP contribution in [0.1, 0.15) is 32.7 Å². The quantitative estimate of drug-likeness (QED) is 0.522. The molecule has 0 N–H and O–H groups in total. The van der Waals surface area contributed by atoms with Crippen LogP contribution in [0.3, 0.4) is 0 Å². The van der Waals surface area contributed by atoms with E-state index in [0.717, 1.165) is 30.0 Å². The minimum absolute atomic E-state index is 0.00555. The third-order valence-electron chi connectivity index (χ3n) is 5.18. The number of hydrogen-bond donors (Lipinski definition) is 0. The minimum atomic E-state index is -0.00555. The summed E-state index contributed by atoms with van der Waals surface area (Å²) >= 11 is 3.64. The van der Waals surface area contributed by atoms with Crippen molar-refractivity contribution in [3.63, 3.8) is 0 Å². The largest absolute Gasteiger partial charge is 0.285 e. The van der Waals surface area contributed by atoms with Gasteiger partial charge < -0.3 is 0 Å². The average molecular weight is 394 g/mol. The van der Waals surface area contributed by atoms with E-state index in [0.29, 0.717) is 6.54 Å². The third kappa shape index (κ3) is 2.94. The first kappa shape index (κ1) is 16.9. The van der Waals surface area contributed by atoms with Gasteiger partial charge in [0.25, 0.3) is 5.56 Å². The van der Waals surface area contributed by atoms with Gasteiger partial charge in [-0.15, -0.1) is 22.7 Å². The Labute approximate surface area is 165 Å². The second kappa shape index (κ2) is 6.71. The number of rotatable bonds is 3. The minimum Gasteiger partial charge on any atom is -0.285 e. The van der Waals surface area contributed by atoms with Crippen LogP contribution in [0.2, 0.25) is 0 Å². The number of aryl methyl sites for hydroxylation is 1. The maximum atomic E-state index is 12.6. The molecule has 0 radical (unpaired) electrons. The van der Waals surface area contributed by atoms with Crippen LogP contribution in [0.4, 0.5) is 0 Å². The highest BCUT2D eigenvalue weighted by Crippen LogP contribution is 2.39. The molecule has 5 heterocycles. The Bertz CT molecular complexity index is 1160. The van der Waals surface area contributed by atoms with Crippen LogP contribution in [0.15, 0.2) is 58.0 Å². The van der Waals surface area contributed by atoms with Gasteiger partial charge in [0.2, 0.25) is 0 Å². The molecule has 4 aromatic rings. The van der Waals surface area contributed by atoms with Crippen molar-refractivity contribution >= 4 is 28.3 Å². The van der Waals surface area contributed by atoms with E-state index in [4.69, 9.17) is 4.98 Å². The predicted octanol–water partition coefficient (Wildman–Crippen LogP) is 4.27. The van der Waals surface area contributed by atoms with Crippen molar-refractivity contribution in [3.05, 3.63) is 90.3 Å². The second-order valence-electron chi connectivity index (χ2n) is 6.88. The number of pyridine rings is 1. The molecule has 6 heteroatoms. The van der Waals surface area contributed by atoms with E-state index < -0.39 is 0 Å². The van der Waals surface area contributed by atoms with Gasteiger partial charge in [0.05, 0.1) is 11.7 Å². The lowest BCUT2D eigenvalue weighted by Gasteiger charge is -2.35. The van der Waals surface area contributed by atoms with Gasteiger partial charge in [0, 0.05) is 34.6 Å². The molecule has 0 bridgehead atoms. The molecule has 0 unspecified atom stereocenters. The topological polar surface area (TPSA) is 37.6 Å². The SMILES string of the molecule is Cc1cccc2nc(CN3CCc4sccc4[C@H]3c3cccs3)cc(=O)n12. The number of hydrogen-bond acceptors (Lipinski definition) is 5. The number of fused-ring (bicyclic) bond motifs is 2. The maximum Gasteiger partial charge on any atom is 0.258 e. The average Bonchev–Trinajstić information content (AvgIpc) is 3.33. The Morgan fingerprint density at radius 3 is 2.93 bits per heavy atom. The Morgan fingerprint density at radius 1 is 1.15 bits per heavy atom. The summed E-state index contributed by atoms with van der Waals surface area (Å²) in [7, 11) is 0. The van der Waals surface area contributed by atoms with Gasteiger partial charge in [-0.25, -0.2) is 4.98 Å². The normalized spacial score (nSPS) is 17.3. The van der Waals surface area contributed by atoms with Gasteiger partial charge in [-0.2, -0.15) is 0 Å². The van der Waals surface area contributed by atoms with E-state index in [1.807, 2.05) is 36.5 Å². The standard InChI is InChI=1S/C21H19N3OS2/c1-14-4-2-6-19-22-15(12-20(25)24(14)19)13-23-9-7-17-16(8-11-27-17)21(23)18-5-3-10-26-18/h2-6,8,10-12,21H,7,9,13H2,1H3/t21-/m0/s1. The van der Waals surface area contributed by atoms with Crippen LogP contribution in [0.5, 0.6) is 0 Å². The maximum absolute atomic E-state index is 12.6. The van der Waals surface area contributed by atoms with Crippen molar-refractivity contribution in [2.75, 3.05) is 6.54 Å². The summed E-state index contributed by atoms with van der Waals surface area (Å²) in [6.45, 7) is 3.59. The van der Waals surface area contributed by atoms with Crippen molar-refractivity contribution < 1.29 is 0 Å². The van der Waals surface area contributed by atoms with Gasteiger partial charge in [0.1, 0.15) is 5.65 Å². The van der Waals surface area contributed by atoms with Crippen LogP contribution in [0, 0.1) is 6.92 Å². The molecule has 0 aliphatic carbocycles. The highest BCUT2D eigenvalue weighted by Gasteiger charge is 2.30. The molecule has 1 aliphatic rings. The summed E-state index contributed by atoms with van der Waals surface area (Å²) in [5.41, 5.74) is 3.87. The molecule has 0 amide bonds. The van der Waals surface area contributed by atoms with E-state index in [2.05, 4.69) is 33.9 Å². The van der Waals surface area contributed by atoms with Gasteiger partial charge in [-0.1, -0.05) is 12.1 Å². The highest BCUT2D eigenvalue weighted by atomic mass is 32.1. The van der Waals surface area contributed by atoms with Crippen LogP contribution in [0.25, 0.3) is 5.65 Å². The van der Waals surface area contributed by atoms with E-state index >= 15 is 0 Å². The number of nitrogens with zero attached hydrogens (tertiary/aromatic N) is 3. The molecule has 0 saturated carbocycles. The highest BCUT2D eigenvalue weighted by molar-refractivity contribution is 7.10. The molecule has 136 valence electrons. The first-order valence-electron chi connectivity index (χ1n) is 9.03. The van der Waals surface area contributed by atoms with Crippen LogP contribution < -0.4 is 5.56 Å². The molecule has 4 nitrogen and oxygen atoms in total. The van der Waals surface area contributed by atoms with E-state index in [9.17, 15) is 4.79 Å². The number of aromatic nitrogens is 2. The van der Waals surface area contributed by atoms with Gasteiger partial charge in [-0.05, 0) is 53.9 Å². The Hall–Kier alpha value is -2.28. The fourth-order valence-electron chi connectivity index (χ4n) is 3.97. The lowest BCUT2D eigenvalue weighted by atomic mass is 9.98. The van der Waals surface area contributed by atoms with Crippen molar-refractivity contribution in [2.24, 2.45) is 0 Å². The zero-order chi connectivity index (χ0) is 18.4. The molecule has 1 aliphatic heterocycles. The molecule has 4 aromatic heterocycles. The Morgan fingerprint density at radius 2 is 2.07 bits per heavy atom. The molecule has 0 saturated heterocycles. The van der Waals surface area contributed by atoms with Gasteiger partial charge >= 0.3 is 0 Å². The first-order chi connectivity index (χ1) is 13.2. The monoisotopic (exact) mass is 393 g/mol. The zero-order valence-electron chi connectivity index (χ0n) is 15.0. The van der Waals surface area contributed by atoms with E-state index in [1.165, 1.54) is 15.3 Å². The van der Waals surface area contributed by atoms with Crippen molar-refractivity contribution in [1.29, 1.82) is 0 Å². The van der Waals surface area contributed by atoms with Crippen molar-refractivity contribution in [2.45, 2.75) is 25.9 Å². The molecular formula is C21H19N3OS2. The molecule has 0 spiro atoms. The summed E-state index contributed by atoms with van der Waals surface area (Å²) in [6, 6.07) is 14.3. The molecule has 1 atom stereocenters. The van der Waals surface area contributed by atoms with E-state index in [1.54, 1.807) is 21.8 Å². The summed E-state index contributed by atoms with van der Waals surface area (Å²) in [4.78, 5) is 22.7. The van der Waals surface area contributed by atoms with E-state index in [-0.39, 0.29) is 11.6 Å². The van der Waals surface area contributed by atoms with Crippen molar-refractivity contribution in [3.8, 4) is 0 Å². The van der Waals surface area contributed by atoms with Crippen LogP contribution >= 0.6 is 22.7 Å². The molecule has 5 rings (SSSR count). The first-order valence-corrected chi connectivity index (χ1v) is 10.8. The Balaban J connectivity index is 1.55. The second-order valence-corrected chi connectivity index (χ2v) is 8.86. The smallest absolute Gasteiger partial charge is 0.258 e. The molecule has 0 fully saturated rings. The lowest BCUT2D eigenvalue weighted by Crippen LogP contribution is -2.35. The lowest BCUT2D eigenvalue weighted by molar-refractivity contribution is 0.206. The molecule has 0 aromatic carbocycles. The summed E-state index contributed by atoms with van der Waals surface area (Å²) in [5, 5.41) is 4.33.